The summed E-state index contributed by atoms with van der Waals surface area (Å²) in [5, 5.41) is 2.22. The quantitative estimate of drug-likeness (QED) is 0.562. The molecule has 3 aromatic rings. The predicted molar refractivity (Wildman–Crippen MR) is 123 cm³/mol. The van der Waals surface area contributed by atoms with Gasteiger partial charge in [-0.1, -0.05) is 35.9 Å². The average Bonchev–Trinajstić information content (AvgIpc) is 3.17. The highest BCUT2D eigenvalue weighted by Gasteiger charge is 2.12. The van der Waals surface area contributed by atoms with E-state index in [4.69, 9.17) is 14.5 Å². The normalized spacial score (nSPS) is 15.5. The van der Waals surface area contributed by atoms with Crippen molar-refractivity contribution in [2.75, 3.05) is 40.0 Å². The summed E-state index contributed by atoms with van der Waals surface area (Å²) in [6.45, 7) is 7.88. The van der Waals surface area contributed by atoms with Crippen molar-refractivity contribution in [2.45, 2.75) is 19.9 Å². The molecule has 1 fully saturated rings. The summed E-state index contributed by atoms with van der Waals surface area (Å²) in [4.78, 5) is 8.45. The fraction of sp³-hybridized carbons (Fsp3) is 0.375. The van der Waals surface area contributed by atoms with Gasteiger partial charge in [0, 0.05) is 37.6 Å². The Morgan fingerprint density at radius 1 is 1.07 bits per heavy atom. The number of rotatable bonds is 7. The minimum atomic E-state index is 0.824. The number of aromatic nitrogens is 1. The summed E-state index contributed by atoms with van der Waals surface area (Å²) in [6, 6.07) is 16.7. The Balaban J connectivity index is 1.63. The monoisotopic (exact) mass is 423 g/mol. The van der Waals surface area contributed by atoms with Gasteiger partial charge in [0.15, 0.2) is 4.80 Å². The zero-order valence-corrected chi connectivity index (χ0v) is 18.5. The van der Waals surface area contributed by atoms with Gasteiger partial charge in [-0.2, -0.15) is 0 Å². The Morgan fingerprint density at radius 2 is 1.87 bits per heavy atom. The lowest BCUT2D eigenvalue weighted by atomic mass is 10.1. The lowest BCUT2D eigenvalue weighted by Crippen LogP contribution is -2.37. The number of nitrogens with zero attached hydrogens (tertiary/aromatic N) is 3. The van der Waals surface area contributed by atoms with Crippen molar-refractivity contribution < 1.29 is 9.47 Å². The minimum Gasteiger partial charge on any atom is -0.497 e. The molecule has 0 radical (unpaired) electrons. The van der Waals surface area contributed by atoms with Crippen LogP contribution in [-0.4, -0.2) is 49.4 Å². The van der Waals surface area contributed by atoms with E-state index in [9.17, 15) is 0 Å². The van der Waals surface area contributed by atoms with Crippen LogP contribution in [0.15, 0.2) is 58.9 Å². The summed E-state index contributed by atoms with van der Waals surface area (Å²) >= 11 is 1.69. The summed E-state index contributed by atoms with van der Waals surface area (Å²) < 4.78 is 13.2. The lowest BCUT2D eigenvalue weighted by molar-refractivity contribution is 0.0369. The zero-order chi connectivity index (χ0) is 20.8. The molecule has 2 heterocycles. The van der Waals surface area contributed by atoms with Crippen LogP contribution >= 0.6 is 11.3 Å². The molecular formula is C24H29N3O2S. The molecule has 4 rings (SSSR count). The van der Waals surface area contributed by atoms with Crippen LogP contribution in [0.2, 0.25) is 0 Å². The number of morpholine rings is 1. The maximum atomic E-state index is 5.47. The smallest absolute Gasteiger partial charge is 0.190 e. The molecule has 5 nitrogen and oxygen atoms in total. The van der Waals surface area contributed by atoms with Crippen molar-refractivity contribution in [3.63, 3.8) is 0 Å². The molecular weight excluding hydrogens is 394 g/mol. The number of thiazole rings is 1. The van der Waals surface area contributed by atoms with E-state index in [1.54, 1.807) is 18.4 Å². The van der Waals surface area contributed by atoms with Gasteiger partial charge >= 0.3 is 0 Å². The molecule has 0 unspecified atom stereocenters. The molecule has 2 aromatic carbocycles. The third-order valence-corrected chi connectivity index (χ3v) is 6.25. The van der Waals surface area contributed by atoms with Crippen LogP contribution < -0.4 is 9.54 Å². The third-order valence-electron chi connectivity index (χ3n) is 5.38. The minimum absolute atomic E-state index is 0.824. The van der Waals surface area contributed by atoms with Crippen molar-refractivity contribution in [2.24, 2.45) is 4.99 Å². The highest BCUT2D eigenvalue weighted by Crippen LogP contribution is 2.23. The molecule has 1 aliphatic heterocycles. The molecule has 30 heavy (non-hydrogen) atoms. The lowest BCUT2D eigenvalue weighted by Gasteiger charge is -2.26. The standard InChI is InChI=1S/C24H29N3O2S/c1-19-7-9-20(10-8-19)23-18-30-24(25-21-5-3-6-22(17-21)28-2)27(23)12-4-11-26-13-15-29-16-14-26/h3,5-10,17-18H,4,11-16H2,1-2H3. The topological polar surface area (TPSA) is 39.0 Å². The van der Waals surface area contributed by atoms with E-state index in [1.165, 1.54) is 16.8 Å². The third kappa shape index (κ3) is 5.19. The first-order valence-corrected chi connectivity index (χ1v) is 11.3. The number of aryl methyl sites for hydroxylation is 1. The zero-order valence-electron chi connectivity index (χ0n) is 17.7. The van der Waals surface area contributed by atoms with Crippen LogP contribution in [0.5, 0.6) is 5.75 Å². The van der Waals surface area contributed by atoms with Gasteiger partial charge in [-0.25, -0.2) is 4.99 Å². The molecule has 0 spiro atoms. The van der Waals surface area contributed by atoms with Crippen LogP contribution in [0, 0.1) is 6.92 Å². The van der Waals surface area contributed by atoms with Crippen molar-refractivity contribution >= 4 is 17.0 Å². The SMILES string of the molecule is COc1cccc(N=c2scc(-c3ccc(C)cc3)n2CCCN2CCOCC2)c1. The summed E-state index contributed by atoms with van der Waals surface area (Å²) in [7, 11) is 1.69. The highest BCUT2D eigenvalue weighted by atomic mass is 32.1. The maximum Gasteiger partial charge on any atom is 0.190 e. The number of benzene rings is 2. The molecule has 0 atom stereocenters. The van der Waals surface area contributed by atoms with E-state index in [0.717, 1.165) is 62.1 Å². The summed E-state index contributed by atoms with van der Waals surface area (Å²) in [5.74, 6) is 0.824. The van der Waals surface area contributed by atoms with E-state index in [-0.39, 0.29) is 0 Å². The van der Waals surface area contributed by atoms with Gasteiger partial charge < -0.3 is 14.0 Å². The Morgan fingerprint density at radius 3 is 2.63 bits per heavy atom. The van der Waals surface area contributed by atoms with Crippen LogP contribution in [0.25, 0.3) is 11.3 Å². The Bertz CT molecular complexity index is 1020. The van der Waals surface area contributed by atoms with Crippen molar-refractivity contribution in [1.82, 2.24) is 9.47 Å². The van der Waals surface area contributed by atoms with Crippen molar-refractivity contribution in [3.8, 4) is 17.0 Å². The van der Waals surface area contributed by atoms with Crippen LogP contribution in [0.3, 0.4) is 0 Å². The first-order valence-electron chi connectivity index (χ1n) is 10.5. The molecule has 1 aliphatic rings. The molecule has 158 valence electrons. The van der Waals surface area contributed by atoms with E-state index in [0.29, 0.717) is 0 Å². The maximum absolute atomic E-state index is 5.47. The largest absolute Gasteiger partial charge is 0.497 e. The fourth-order valence-corrected chi connectivity index (χ4v) is 4.61. The van der Waals surface area contributed by atoms with Gasteiger partial charge in [-0.15, -0.1) is 11.3 Å². The van der Waals surface area contributed by atoms with Crippen molar-refractivity contribution in [1.29, 1.82) is 0 Å². The predicted octanol–water partition coefficient (Wildman–Crippen LogP) is 4.49. The van der Waals surface area contributed by atoms with E-state index in [1.807, 2.05) is 24.3 Å². The van der Waals surface area contributed by atoms with E-state index < -0.39 is 0 Å². The number of hydrogen-bond donors (Lipinski definition) is 0. The van der Waals surface area contributed by atoms with Crippen LogP contribution in [0.4, 0.5) is 5.69 Å². The average molecular weight is 424 g/mol. The molecule has 1 saturated heterocycles. The van der Waals surface area contributed by atoms with Gasteiger partial charge in [-0.05, 0) is 31.0 Å². The second-order valence-electron chi connectivity index (χ2n) is 7.54. The van der Waals surface area contributed by atoms with Crippen LogP contribution in [-0.2, 0) is 11.3 Å². The van der Waals surface area contributed by atoms with Crippen molar-refractivity contribution in [3.05, 3.63) is 64.3 Å². The molecule has 1 aromatic heterocycles. The second-order valence-corrected chi connectivity index (χ2v) is 8.38. The number of hydrogen-bond acceptors (Lipinski definition) is 5. The van der Waals surface area contributed by atoms with Gasteiger partial charge in [0.05, 0.1) is 31.7 Å². The first-order chi connectivity index (χ1) is 14.7. The fourth-order valence-electron chi connectivity index (χ4n) is 3.66. The molecule has 0 aliphatic carbocycles. The molecule has 6 heteroatoms. The Labute approximate surface area is 182 Å². The molecule has 0 saturated carbocycles. The second kappa shape index (κ2) is 10.1. The summed E-state index contributed by atoms with van der Waals surface area (Å²) in [6.07, 6.45) is 1.08. The Kier molecular flexibility index (Phi) is 7.00. The molecule has 0 bridgehead atoms. The van der Waals surface area contributed by atoms with Gasteiger partial charge in [0.2, 0.25) is 0 Å². The van der Waals surface area contributed by atoms with Crippen LogP contribution in [0.1, 0.15) is 12.0 Å². The van der Waals surface area contributed by atoms with Gasteiger partial charge in [-0.3, -0.25) is 4.90 Å². The molecule has 0 amide bonds. The molecule has 0 N–H and O–H groups in total. The number of methoxy groups -OCH3 is 1. The van der Waals surface area contributed by atoms with Gasteiger partial charge in [0.1, 0.15) is 5.75 Å². The van der Waals surface area contributed by atoms with Gasteiger partial charge in [0.25, 0.3) is 0 Å². The first kappa shape index (κ1) is 20.8. The highest BCUT2D eigenvalue weighted by molar-refractivity contribution is 7.07. The van der Waals surface area contributed by atoms with E-state index >= 15 is 0 Å². The Hall–Kier alpha value is -2.41. The summed E-state index contributed by atoms with van der Waals surface area (Å²) in [5.41, 5.74) is 4.64. The van der Waals surface area contributed by atoms with E-state index in [2.05, 4.69) is 46.0 Å². The number of ether oxygens (including phenoxy) is 2.